The summed E-state index contributed by atoms with van der Waals surface area (Å²) in [5.41, 5.74) is 7.95. The molecule has 3 N–H and O–H groups in total. The minimum atomic E-state index is 0.310. The van der Waals surface area contributed by atoms with E-state index in [1.807, 2.05) is 19.1 Å². The summed E-state index contributed by atoms with van der Waals surface area (Å²) in [5.74, 6) is 0.310. The van der Waals surface area contributed by atoms with Gasteiger partial charge in [0.1, 0.15) is 11.5 Å². The fourth-order valence-electron chi connectivity index (χ4n) is 2.35. The van der Waals surface area contributed by atoms with Crippen LogP contribution in [0.15, 0.2) is 34.6 Å². The number of carbonyl (C=O) groups is 1. The lowest BCUT2D eigenvalue weighted by atomic mass is 10.1. The maximum Gasteiger partial charge on any atom is 0.196 e. The third-order valence-corrected chi connectivity index (χ3v) is 4.35. The van der Waals surface area contributed by atoms with Gasteiger partial charge in [-0.1, -0.05) is 13.8 Å². The zero-order valence-electron chi connectivity index (χ0n) is 15.2. The van der Waals surface area contributed by atoms with Crippen LogP contribution in [0.2, 0.25) is 0 Å². The number of aryl methyl sites for hydroxylation is 1. The quantitative estimate of drug-likeness (QED) is 0.503. The molecule has 0 bridgehead atoms. The molecule has 7 nitrogen and oxygen atoms in total. The van der Waals surface area contributed by atoms with E-state index >= 15 is 0 Å². The van der Waals surface area contributed by atoms with Crippen molar-refractivity contribution in [1.82, 2.24) is 19.9 Å². The Labute approximate surface area is 156 Å². The van der Waals surface area contributed by atoms with Gasteiger partial charge in [-0.25, -0.2) is 9.97 Å². The largest absolute Gasteiger partial charge is 0.385 e. The number of carbonyl (C=O) groups excluding carboxylic acids is 1. The summed E-state index contributed by atoms with van der Waals surface area (Å²) >= 11 is 1.37. The highest BCUT2D eigenvalue weighted by molar-refractivity contribution is 7.99. The third kappa shape index (κ3) is 4.80. The van der Waals surface area contributed by atoms with Crippen LogP contribution in [0.3, 0.4) is 0 Å². The number of fused-ring (bicyclic) bond motifs is 1. The average molecular weight is 373 g/mol. The molecule has 0 atom stereocenters. The highest BCUT2D eigenvalue weighted by Gasteiger charge is 2.16. The highest BCUT2D eigenvalue weighted by Crippen LogP contribution is 2.30. The second kappa shape index (κ2) is 9.88. The van der Waals surface area contributed by atoms with Crippen molar-refractivity contribution >= 4 is 34.9 Å². The number of hydrogen-bond donors (Lipinski definition) is 2. The minimum absolute atomic E-state index is 0.310. The van der Waals surface area contributed by atoms with Gasteiger partial charge in [0.05, 0.1) is 5.39 Å². The molecule has 26 heavy (non-hydrogen) atoms. The Bertz CT molecular complexity index is 850. The number of aromatic nitrogens is 4. The molecule has 0 radical (unpaired) electrons. The van der Waals surface area contributed by atoms with Crippen molar-refractivity contribution in [3.63, 3.8) is 0 Å². The molecule has 3 aromatic heterocycles. The van der Waals surface area contributed by atoms with Crippen LogP contribution in [-0.4, -0.2) is 39.9 Å². The lowest BCUT2D eigenvalue weighted by Gasteiger charge is -2.02. The monoisotopic (exact) mass is 373 g/mol. The zero-order valence-corrected chi connectivity index (χ0v) is 16.0. The van der Waals surface area contributed by atoms with Gasteiger partial charge in [0.2, 0.25) is 0 Å². The van der Waals surface area contributed by atoms with Crippen molar-refractivity contribution in [2.75, 3.05) is 19.5 Å². The van der Waals surface area contributed by atoms with Crippen LogP contribution in [0.4, 0.5) is 5.82 Å². The number of aromatic amines is 1. The number of anilines is 1. The number of rotatable bonds is 6. The van der Waals surface area contributed by atoms with E-state index in [0.29, 0.717) is 34.0 Å². The van der Waals surface area contributed by atoms with E-state index < -0.39 is 0 Å². The standard InChI is InChI=1S/C14H13N5OS.C4H10O/c1-2-10-9(7-20)11-12(15)18-14(19-13(11)17-10)21-8-4-3-5-16-6-8;1-3-4-5-2/h3-7H,2H2,1H3,(H3,15,17,18,19);3-4H2,1-2H3. The van der Waals surface area contributed by atoms with Crippen molar-refractivity contribution in [2.45, 2.75) is 36.7 Å². The molecule has 0 saturated heterocycles. The molecular weight excluding hydrogens is 350 g/mol. The van der Waals surface area contributed by atoms with Crippen LogP contribution in [0.25, 0.3) is 11.0 Å². The second-order valence-electron chi connectivity index (χ2n) is 5.39. The maximum absolute atomic E-state index is 11.2. The van der Waals surface area contributed by atoms with Crippen LogP contribution in [0.1, 0.15) is 36.3 Å². The highest BCUT2D eigenvalue weighted by atomic mass is 32.2. The van der Waals surface area contributed by atoms with Gasteiger partial charge in [0.15, 0.2) is 11.4 Å². The topological polar surface area (TPSA) is 107 Å². The summed E-state index contributed by atoms with van der Waals surface area (Å²) in [6, 6.07) is 3.77. The van der Waals surface area contributed by atoms with Crippen LogP contribution in [-0.2, 0) is 11.2 Å². The van der Waals surface area contributed by atoms with Crippen LogP contribution >= 0.6 is 11.8 Å². The Kier molecular flexibility index (Phi) is 7.55. The summed E-state index contributed by atoms with van der Waals surface area (Å²) in [7, 11) is 1.71. The molecule has 0 saturated carbocycles. The molecule has 0 aliphatic carbocycles. The van der Waals surface area contributed by atoms with Crippen LogP contribution < -0.4 is 5.73 Å². The molecule has 0 aliphatic rings. The molecule has 3 aromatic rings. The number of pyridine rings is 1. The zero-order chi connectivity index (χ0) is 18.9. The smallest absolute Gasteiger partial charge is 0.196 e. The van der Waals surface area contributed by atoms with Gasteiger partial charge in [-0.15, -0.1) is 0 Å². The number of H-pyrrole nitrogens is 1. The number of ether oxygens (including phenoxy) is 1. The molecule has 0 aliphatic heterocycles. The molecule has 0 aromatic carbocycles. The lowest BCUT2D eigenvalue weighted by Crippen LogP contribution is -1.97. The Morgan fingerprint density at radius 1 is 1.35 bits per heavy atom. The Morgan fingerprint density at radius 3 is 2.69 bits per heavy atom. The van der Waals surface area contributed by atoms with Gasteiger partial charge in [0.25, 0.3) is 0 Å². The second-order valence-corrected chi connectivity index (χ2v) is 6.43. The molecule has 3 heterocycles. The molecule has 0 unspecified atom stereocenters. The first-order valence-electron chi connectivity index (χ1n) is 8.34. The van der Waals surface area contributed by atoms with Crippen molar-refractivity contribution in [1.29, 1.82) is 0 Å². The van der Waals surface area contributed by atoms with E-state index in [1.165, 1.54) is 11.8 Å². The number of nitrogens with one attached hydrogen (secondary N) is 1. The number of nitrogens with two attached hydrogens (primary N) is 1. The van der Waals surface area contributed by atoms with Crippen molar-refractivity contribution < 1.29 is 9.53 Å². The van der Waals surface area contributed by atoms with Gasteiger partial charge in [-0.05, 0) is 36.7 Å². The van der Waals surface area contributed by atoms with E-state index in [-0.39, 0.29) is 0 Å². The Hall–Kier alpha value is -2.45. The maximum atomic E-state index is 11.2. The van der Waals surface area contributed by atoms with Gasteiger partial charge in [-0.3, -0.25) is 9.78 Å². The number of nitrogens with zero attached hydrogens (tertiary/aromatic N) is 3. The third-order valence-electron chi connectivity index (χ3n) is 3.50. The predicted molar refractivity (Wildman–Crippen MR) is 104 cm³/mol. The minimum Gasteiger partial charge on any atom is -0.385 e. The Balaban J connectivity index is 0.000000431. The van der Waals surface area contributed by atoms with Gasteiger partial charge in [0, 0.05) is 42.3 Å². The van der Waals surface area contributed by atoms with Crippen molar-refractivity contribution in [3.8, 4) is 0 Å². The van der Waals surface area contributed by atoms with Gasteiger partial charge >= 0.3 is 0 Å². The van der Waals surface area contributed by atoms with Crippen molar-refractivity contribution in [3.05, 3.63) is 35.8 Å². The average Bonchev–Trinajstić information content (AvgIpc) is 3.02. The number of aldehydes is 1. The fourth-order valence-corrected chi connectivity index (χ4v) is 3.10. The van der Waals surface area contributed by atoms with E-state index in [2.05, 4.69) is 26.9 Å². The Morgan fingerprint density at radius 2 is 2.15 bits per heavy atom. The number of methoxy groups -OCH3 is 1. The lowest BCUT2D eigenvalue weighted by molar-refractivity contribution is 0.112. The molecular formula is C18H23N5O2S. The first-order valence-corrected chi connectivity index (χ1v) is 9.16. The van der Waals surface area contributed by atoms with Crippen LogP contribution in [0, 0.1) is 0 Å². The molecule has 0 fully saturated rings. The summed E-state index contributed by atoms with van der Waals surface area (Å²) in [4.78, 5) is 28.1. The normalized spacial score (nSPS) is 10.4. The molecule has 138 valence electrons. The molecule has 0 amide bonds. The summed E-state index contributed by atoms with van der Waals surface area (Å²) in [5, 5.41) is 1.12. The first kappa shape index (κ1) is 19.9. The molecule has 0 spiro atoms. The van der Waals surface area contributed by atoms with E-state index in [0.717, 1.165) is 29.9 Å². The fraction of sp³-hybridized carbons (Fsp3) is 0.333. The first-order chi connectivity index (χ1) is 12.6. The number of nitrogen functional groups attached to an aromatic ring is 1. The van der Waals surface area contributed by atoms with E-state index in [9.17, 15) is 4.79 Å². The van der Waals surface area contributed by atoms with E-state index in [4.69, 9.17) is 10.5 Å². The summed E-state index contributed by atoms with van der Waals surface area (Å²) < 4.78 is 4.69. The van der Waals surface area contributed by atoms with Gasteiger partial charge < -0.3 is 15.5 Å². The molecule has 8 heteroatoms. The predicted octanol–water partition coefficient (Wildman–Crippen LogP) is 3.50. The van der Waals surface area contributed by atoms with Crippen LogP contribution in [0.5, 0.6) is 0 Å². The van der Waals surface area contributed by atoms with E-state index in [1.54, 1.807) is 19.5 Å². The van der Waals surface area contributed by atoms with Crippen molar-refractivity contribution in [2.24, 2.45) is 0 Å². The summed E-state index contributed by atoms with van der Waals surface area (Å²) in [6.45, 7) is 4.94. The molecule has 3 rings (SSSR count). The SMILES string of the molecule is CCCOC.CCc1[nH]c2nc(Sc3cccnc3)nc(N)c2c1C=O. The number of hydrogen-bond acceptors (Lipinski definition) is 7. The van der Waals surface area contributed by atoms with Gasteiger partial charge in [-0.2, -0.15) is 0 Å². The summed E-state index contributed by atoms with van der Waals surface area (Å²) in [6.07, 6.45) is 6.06.